The number of benzene rings is 2. The lowest BCUT2D eigenvalue weighted by Crippen LogP contribution is -2.38. The maximum atomic E-state index is 12.3. The third kappa shape index (κ3) is 4.76. The van der Waals surface area contributed by atoms with Gasteiger partial charge in [0.1, 0.15) is 0 Å². The second-order valence-corrected chi connectivity index (χ2v) is 6.82. The van der Waals surface area contributed by atoms with Crippen LogP contribution in [0.2, 0.25) is 5.02 Å². The summed E-state index contributed by atoms with van der Waals surface area (Å²) < 4.78 is 4.67. The average Bonchev–Trinajstić information content (AvgIpc) is 3.50. The molecule has 136 valence electrons. The fourth-order valence-corrected chi connectivity index (χ4v) is 2.95. The summed E-state index contributed by atoms with van der Waals surface area (Å²) in [5, 5.41) is 6.60. The zero-order valence-electron chi connectivity index (χ0n) is 14.5. The first-order valence-electron chi connectivity index (χ1n) is 8.54. The molecule has 0 radical (unpaired) electrons. The molecule has 0 heterocycles. The summed E-state index contributed by atoms with van der Waals surface area (Å²) in [5.74, 6) is 0.0961. The summed E-state index contributed by atoms with van der Waals surface area (Å²) >= 11 is 5.95. The molecule has 26 heavy (non-hydrogen) atoms. The minimum atomic E-state index is -0.377. The molecule has 3 rings (SSSR count). The van der Waals surface area contributed by atoms with Crippen LogP contribution in [0.25, 0.3) is 0 Å². The van der Waals surface area contributed by atoms with Crippen molar-refractivity contribution in [2.45, 2.75) is 25.4 Å². The Balaban J connectivity index is 1.55. The molecule has 1 aliphatic rings. The highest BCUT2D eigenvalue weighted by atomic mass is 35.5. The highest BCUT2D eigenvalue weighted by Gasteiger charge is 2.33. The van der Waals surface area contributed by atoms with Gasteiger partial charge in [0.05, 0.1) is 18.7 Å². The first-order valence-corrected chi connectivity index (χ1v) is 8.91. The van der Waals surface area contributed by atoms with Crippen molar-refractivity contribution in [1.82, 2.24) is 10.6 Å². The maximum Gasteiger partial charge on any atom is 0.337 e. The van der Waals surface area contributed by atoms with Crippen LogP contribution < -0.4 is 10.6 Å². The third-order valence-corrected chi connectivity index (χ3v) is 4.69. The number of hydrogen-bond donors (Lipinski definition) is 2. The van der Waals surface area contributed by atoms with E-state index in [1.807, 2.05) is 24.3 Å². The Hall–Kier alpha value is -2.53. The minimum Gasteiger partial charge on any atom is -0.465 e. The van der Waals surface area contributed by atoms with E-state index in [1.54, 1.807) is 24.3 Å². The van der Waals surface area contributed by atoms with Crippen LogP contribution in [-0.2, 0) is 11.3 Å². The zero-order chi connectivity index (χ0) is 18.5. The largest absolute Gasteiger partial charge is 0.465 e. The SMILES string of the molecule is COC(=O)c1ccc(CNC(=O)NC(c2ccc(Cl)cc2)C2CC2)cc1. The summed E-state index contributed by atoms with van der Waals surface area (Å²) in [6.07, 6.45) is 2.23. The fraction of sp³-hybridized carbons (Fsp3) is 0.300. The monoisotopic (exact) mass is 372 g/mol. The Bertz CT molecular complexity index is 771. The standard InChI is InChI=1S/C20H21ClN2O3/c1-26-19(24)16-4-2-13(3-5-16)12-22-20(25)23-18(14-6-7-14)15-8-10-17(21)11-9-15/h2-5,8-11,14,18H,6-7,12H2,1H3,(H2,22,23,25). The highest BCUT2D eigenvalue weighted by molar-refractivity contribution is 6.30. The van der Waals surface area contributed by atoms with E-state index < -0.39 is 0 Å². The normalized spacial score (nSPS) is 14.4. The molecule has 1 fully saturated rings. The lowest BCUT2D eigenvalue weighted by molar-refractivity contribution is 0.0600. The molecule has 1 unspecified atom stereocenters. The molecule has 0 spiro atoms. The lowest BCUT2D eigenvalue weighted by atomic mass is 10.0. The quantitative estimate of drug-likeness (QED) is 0.751. The van der Waals surface area contributed by atoms with Crippen LogP contribution in [0.5, 0.6) is 0 Å². The van der Waals surface area contributed by atoms with E-state index in [0.717, 1.165) is 24.0 Å². The van der Waals surface area contributed by atoms with Gasteiger partial charge >= 0.3 is 12.0 Å². The number of esters is 1. The summed E-state index contributed by atoms with van der Waals surface area (Å²) in [4.78, 5) is 23.7. The number of methoxy groups -OCH3 is 1. The van der Waals surface area contributed by atoms with E-state index in [1.165, 1.54) is 7.11 Å². The van der Waals surface area contributed by atoms with Gasteiger partial charge in [-0.05, 0) is 54.2 Å². The van der Waals surface area contributed by atoms with Crippen LogP contribution in [0.3, 0.4) is 0 Å². The van der Waals surface area contributed by atoms with Crippen molar-refractivity contribution in [2.24, 2.45) is 5.92 Å². The van der Waals surface area contributed by atoms with Crippen LogP contribution in [0.4, 0.5) is 4.79 Å². The van der Waals surface area contributed by atoms with Crippen LogP contribution in [0.1, 0.15) is 40.4 Å². The van der Waals surface area contributed by atoms with E-state index in [-0.39, 0.29) is 18.0 Å². The van der Waals surface area contributed by atoms with Crippen LogP contribution in [0, 0.1) is 5.92 Å². The van der Waals surface area contributed by atoms with Crippen molar-refractivity contribution in [1.29, 1.82) is 0 Å². The van der Waals surface area contributed by atoms with Crippen molar-refractivity contribution in [3.05, 3.63) is 70.2 Å². The maximum absolute atomic E-state index is 12.3. The number of carbonyl (C=O) groups excluding carboxylic acids is 2. The minimum absolute atomic E-state index is 0.00559. The number of urea groups is 1. The Kier molecular flexibility index (Phi) is 5.78. The summed E-state index contributed by atoms with van der Waals surface area (Å²) in [6.45, 7) is 0.380. The van der Waals surface area contributed by atoms with Gasteiger partial charge in [-0.25, -0.2) is 9.59 Å². The number of hydrogen-bond acceptors (Lipinski definition) is 3. The summed E-state index contributed by atoms with van der Waals surface area (Å²) in [6, 6.07) is 14.3. The molecule has 6 heteroatoms. The number of nitrogens with one attached hydrogen (secondary N) is 2. The van der Waals surface area contributed by atoms with Crippen LogP contribution in [-0.4, -0.2) is 19.1 Å². The molecule has 2 aromatic carbocycles. The van der Waals surface area contributed by atoms with Gasteiger partial charge in [0, 0.05) is 11.6 Å². The predicted molar refractivity (Wildman–Crippen MR) is 100 cm³/mol. The molecular weight excluding hydrogens is 352 g/mol. The summed E-state index contributed by atoms with van der Waals surface area (Å²) in [7, 11) is 1.35. The van der Waals surface area contributed by atoms with Crippen molar-refractivity contribution >= 4 is 23.6 Å². The van der Waals surface area contributed by atoms with Crippen LogP contribution in [0.15, 0.2) is 48.5 Å². The second kappa shape index (κ2) is 8.23. The molecule has 2 aromatic rings. The number of carbonyl (C=O) groups is 2. The molecule has 0 bridgehead atoms. The number of ether oxygens (including phenoxy) is 1. The average molecular weight is 373 g/mol. The molecular formula is C20H21ClN2O3. The Labute approximate surface area is 157 Å². The Morgan fingerprint density at radius 1 is 1.12 bits per heavy atom. The molecule has 1 saturated carbocycles. The third-order valence-electron chi connectivity index (χ3n) is 4.44. The smallest absolute Gasteiger partial charge is 0.337 e. The van der Waals surface area contributed by atoms with Gasteiger partial charge in [-0.1, -0.05) is 35.9 Å². The molecule has 1 atom stereocenters. The van der Waals surface area contributed by atoms with E-state index >= 15 is 0 Å². The number of halogens is 1. The van der Waals surface area contributed by atoms with Crippen LogP contribution >= 0.6 is 11.6 Å². The Morgan fingerprint density at radius 3 is 2.35 bits per heavy atom. The highest BCUT2D eigenvalue weighted by Crippen LogP contribution is 2.41. The summed E-state index contributed by atoms with van der Waals surface area (Å²) in [5.41, 5.74) is 2.45. The predicted octanol–water partition coefficient (Wildman–Crippen LogP) is 4.08. The fourth-order valence-electron chi connectivity index (χ4n) is 2.82. The molecule has 0 saturated heterocycles. The van der Waals surface area contributed by atoms with Gasteiger partial charge in [0.2, 0.25) is 0 Å². The van der Waals surface area contributed by atoms with E-state index in [0.29, 0.717) is 23.0 Å². The van der Waals surface area contributed by atoms with E-state index in [2.05, 4.69) is 15.4 Å². The van der Waals surface area contributed by atoms with Crippen molar-refractivity contribution < 1.29 is 14.3 Å². The topological polar surface area (TPSA) is 67.4 Å². The lowest BCUT2D eigenvalue weighted by Gasteiger charge is -2.19. The molecule has 1 aliphatic carbocycles. The van der Waals surface area contributed by atoms with E-state index in [4.69, 9.17) is 11.6 Å². The van der Waals surface area contributed by atoms with Gasteiger partial charge in [0.15, 0.2) is 0 Å². The first kappa shape index (κ1) is 18.3. The van der Waals surface area contributed by atoms with Crippen molar-refractivity contribution in [3.8, 4) is 0 Å². The number of amides is 2. The Morgan fingerprint density at radius 2 is 1.77 bits per heavy atom. The zero-order valence-corrected chi connectivity index (χ0v) is 15.3. The van der Waals surface area contributed by atoms with Gasteiger partial charge in [-0.3, -0.25) is 0 Å². The van der Waals surface area contributed by atoms with Gasteiger partial charge in [-0.2, -0.15) is 0 Å². The van der Waals surface area contributed by atoms with Gasteiger partial charge < -0.3 is 15.4 Å². The molecule has 5 nitrogen and oxygen atoms in total. The first-order chi connectivity index (χ1) is 12.6. The molecule has 2 amide bonds. The molecule has 0 aliphatic heterocycles. The van der Waals surface area contributed by atoms with Gasteiger partial charge in [0.25, 0.3) is 0 Å². The molecule has 0 aromatic heterocycles. The molecule has 2 N–H and O–H groups in total. The van der Waals surface area contributed by atoms with Crippen molar-refractivity contribution in [3.63, 3.8) is 0 Å². The van der Waals surface area contributed by atoms with Gasteiger partial charge in [-0.15, -0.1) is 0 Å². The second-order valence-electron chi connectivity index (χ2n) is 6.38. The van der Waals surface area contributed by atoms with Crippen molar-refractivity contribution in [2.75, 3.05) is 7.11 Å². The number of rotatable bonds is 6. The van der Waals surface area contributed by atoms with E-state index in [9.17, 15) is 9.59 Å².